The Morgan fingerprint density at radius 1 is 0.919 bits per heavy atom. The van der Waals surface area contributed by atoms with E-state index < -0.39 is 24.0 Å². The van der Waals surface area contributed by atoms with E-state index in [0.29, 0.717) is 32.4 Å². The topological polar surface area (TPSA) is 128 Å². The van der Waals surface area contributed by atoms with Crippen LogP contribution in [-0.2, 0) is 38.5 Å². The van der Waals surface area contributed by atoms with E-state index in [1.165, 1.54) is 16.0 Å². The van der Waals surface area contributed by atoms with E-state index in [0.717, 1.165) is 44.1 Å². The SMILES string of the molecule is NCCCCC(N)C(=O)N1CCCC1C(=O)ONC(=O)Cc1ccc(CCCCc2ccccc2)cc1. The number of nitrogens with two attached hydrogens (primary N) is 2. The third-order valence-corrected chi connectivity index (χ3v) is 6.77. The van der Waals surface area contributed by atoms with Gasteiger partial charge >= 0.3 is 5.97 Å². The third kappa shape index (κ3) is 9.30. The number of amides is 2. The summed E-state index contributed by atoms with van der Waals surface area (Å²) in [5.74, 6) is -1.32. The smallest absolute Gasteiger partial charge is 0.338 e. The second kappa shape index (κ2) is 15.1. The predicted octanol–water partition coefficient (Wildman–Crippen LogP) is 2.82. The molecule has 2 unspecified atom stereocenters. The van der Waals surface area contributed by atoms with E-state index in [9.17, 15) is 14.4 Å². The zero-order valence-electron chi connectivity index (χ0n) is 21.6. The van der Waals surface area contributed by atoms with Gasteiger partial charge in [0.05, 0.1) is 12.5 Å². The van der Waals surface area contributed by atoms with Gasteiger partial charge in [-0.3, -0.25) is 9.59 Å². The van der Waals surface area contributed by atoms with Crippen molar-refractivity contribution in [3.63, 3.8) is 0 Å². The first-order chi connectivity index (χ1) is 18.0. The highest BCUT2D eigenvalue weighted by Gasteiger charge is 2.37. The minimum atomic E-state index is -0.727. The van der Waals surface area contributed by atoms with Crippen molar-refractivity contribution in [2.24, 2.45) is 11.5 Å². The van der Waals surface area contributed by atoms with Crippen LogP contribution < -0.4 is 16.9 Å². The number of carbonyl (C=O) groups excluding carboxylic acids is 3. The highest BCUT2D eigenvalue weighted by molar-refractivity contribution is 5.88. The van der Waals surface area contributed by atoms with Gasteiger partial charge in [-0.15, -0.1) is 0 Å². The fraction of sp³-hybridized carbons (Fsp3) is 0.483. The van der Waals surface area contributed by atoms with Crippen LogP contribution in [0.3, 0.4) is 0 Å². The molecule has 1 aliphatic rings. The average molecular weight is 509 g/mol. The molecule has 200 valence electrons. The van der Waals surface area contributed by atoms with Gasteiger partial charge in [-0.05, 0) is 74.6 Å². The average Bonchev–Trinajstić information content (AvgIpc) is 3.41. The first kappa shape index (κ1) is 28.3. The maximum absolute atomic E-state index is 12.7. The Kier molecular flexibility index (Phi) is 11.6. The van der Waals surface area contributed by atoms with Gasteiger partial charge in [-0.2, -0.15) is 5.48 Å². The molecule has 5 N–H and O–H groups in total. The van der Waals surface area contributed by atoms with E-state index in [-0.39, 0.29) is 12.3 Å². The number of rotatable bonds is 13. The molecule has 8 nitrogen and oxygen atoms in total. The molecular formula is C29H40N4O4. The van der Waals surface area contributed by atoms with Crippen molar-refractivity contribution in [1.29, 1.82) is 0 Å². The lowest BCUT2D eigenvalue weighted by Gasteiger charge is -2.25. The summed E-state index contributed by atoms with van der Waals surface area (Å²) in [6.45, 7) is 1.01. The van der Waals surface area contributed by atoms with Crippen LogP contribution in [-0.4, -0.2) is 47.9 Å². The summed E-state index contributed by atoms with van der Waals surface area (Å²) < 4.78 is 0. The number of unbranched alkanes of at least 4 members (excludes halogenated alkanes) is 2. The van der Waals surface area contributed by atoms with Gasteiger partial charge in [0.15, 0.2) is 0 Å². The van der Waals surface area contributed by atoms with Crippen molar-refractivity contribution >= 4 is 17.8 Å². The van der Waals surface area contributed by atoms with Crippen molar-refractivity contribution in [1.82, 2.24) is 10.4 Å². The van der Waals surface area contributed by atoms with Crippen LogP contribution in [0.25, 0.3) is 0 Å². The van der Waals surface area contributed by atoms with E-state index >= 15 is 0 Å². The van der Waals surface area contributed by atoms with Crippen LogP contribution >= 0.6 is 0 Å². The summed E-state index contributed by atoms with van der Waals surface area (Å²) in [4.78, 5) is 44.1. The lowest BCUT2D eigenvalue weighted by atomic mass is 10.0. The Bertz CT molecular complexity index is 997. The summed E-state index contributed by atoms with van der Waals surface area (Å²) in [6, 6.07) is 17.0. The number of aryl methyl sites for hydroxylation is 2. The molecule has 2 aromatic carbocycles. The number of carbonyl (C=O) groups is 3. The van der Waals surface area contributed by atoms with Gasteiger partial charge in [0, 0.05) is 6.54 Å². The van der Waals surface area contributed by atoms with Crippen molar-refractivity contribution in [3.05, 3.63) is 71.3 Å². The Morgan fingerprint density at radius 2 is 1.57 bits per heavy atom. The van der Waals surface area contributed by atoms with Crippen molar-refractivity contribution in [2.75, 3.05) is 13.1 Å². The Labute approximate surface area is 219 Å². The van der Waals surface area contributed by atoms with Gasteiger partial charge < -0.3 is 21.2 Å². The van der Waals surface area contributed by atoms with Gasteiger partial charge in [-0.25, -0.2) is 4.79 Å². The monoisotopic (exact) mass is 508 g/mol. The van der Waals surface area contributed by atoms with E-state index in [1.807, 2.05) is 30.3 Å². The van der Waals surface area contributed by atoms with Gasteiger partial charge in [0.1, 0.15) is 6.04 Å². The van der Waals surface area contributed by atoms with Crippen LogP contribution in [0.2, 0.25) is 0 Å². The van der Waals surface area contributed by atoms with Gasteiger partial charge in [0.25, 0.3) is 5.91 Å². The minimum Gasteiger partial charge on any atom is -0.338 e. The van der Waals surface area contributed by atoms with Gasteiger partial charge in [-0.1, -0.05) is 61.0 Å². The lowest BCUT2D eigenvalue weighted by Crippen LogP contribution is -2.49. The quantitative estimate of drug-likeness (QED) is 0.282. The maximum Gasteiger partial charge on any atom is 0.354 e. The normalized spacial score (nSPS) is 15.8. The number of hydrogen-bond acceptors (Lipinski definition) is 6. The van der Waals surface area contributed by atoms with Crippen molar-refractivity contribution in [3.8, 4) is 0 Å². The number of benzene rings is 2. The summed E-state index contributed by atoms with van der Waals surface area (Å²) in [5, 5.41) is 0. The maximum atomic E-state index is 12.7. The summed E-state index contributed by atoms with van der Waals surface area (Å²) in [5.41, 5.74) is 17.2. The highest BCUT2D eigenvalue weighted by Crippen LogP contribution is 2.20. The molecule has 1 saturated heterocycles. The molecule has 0 aromatic heterocycles. The first-order valence-corrected chi connectivity index (χ1v) is 13.4. The van der Waals surface area contributed by atoms with E-state index in [1.54, 1.807) is 0 Å². The van der Waals surface area contributed by atoms with Crippen LogP contribution in [0.15, 0.2) is 54.6 Å². The second-order valence-electron chi connectivity index (χ2n) is 9.71. The molecule has 1 aliphatic heterocycles. The second-order valence-corrected chi connectivity index (χ2v) is 9.71. The molecule has 0 saturated carbocycles. The fourth-order valence-corrected chi connectivity index (χ4v) is 4.64. The zero-order valence-corrected chi connectivity index (χ0v) is 21.6. The summed E-state index contributed by atoms with van der Waals surface area (Å²) in [6.07, 6.45) is 7.66. The Hall–Kier alpha value is -3.23. The standard InChI is InChI=1S/C29H40N4O4/c30-19-7-6-13-25(31)28(35)33-20-8-14-26(33)29(36)37-32-27(34)21-24-17-15-23(16-18-24)12-5-4-11-22-9-2-1-3-10-22/h1-3,9-10,15-18,25-26H,4-8,11-14,19-21,30-31H2,(H,32,34). The summed E-state index contributed by atoms with van der Waals surface area (Å²) in [7, 11) is 0. The van der Waals surface area contributed by atoms with E-state index in [2.05, 4.69) is 29.7 Å². The lowest BCUT2D eigenvalue weighted by molar-refractivity contribution is -0.164. The number of likely N-dealkylation sites (tertiary alicyclic amines) is 1. The highest BCUT2D eigenvalue weighted by atomic mass is 16.7. The predicted molar refractivity (Wildman–Crippen MR) is 143 cm³/mol. The molecule has 3 rings (SSSR count). The molecular weight excluding hydrogens is 468 g/mol. The molecule has 0 aliphatic carbocycles. The molecule has 2 amide bonds. The van der Waals surface area contributed by atoms with Gasteiger partial charge in [0.2, 0.25) is 5.91 Å². The molecule has 0 radical (unpaired) electrons. The van der Waals surface area contributed by atoms with Crippen LogP contribution in [0.1, 0.15) is 61.6 Å². The Morgan fingerprint density at radius 3 is 2.24 bits per heavy atom. The van der Waals surface area contributed by atoms with Crippen LogP contribution in [0, 0.1) is 0 Å². The van der Waals surface area contributed by atoms with Crippen LogP contribution in [0.5, 0.6) is 0 Å². The molecule has 0 bridgehead atoms. The molecule has 1 fully saturated rings. The summed E-state index contributed by atoms with van der Waals surface area (Å²) >= 11 is 0. The third-order valence-electron chi connectivity index (χ3n) is 6.77. The van der Waals surface area contributed by atoms with Crippen LogP contribution in [0.4, 0.5) is 0 Å². The fourth-order valence-electron chi connectivity index (χ4n) is 4.64. The molecule has 8 heteroatoms. The van der Waals surface area contributed by atoms with E-state index in [4.69, 9.17) is 16.3 Å². The molecule has 2 atom stereocenters. The number of nitrogens with one attached hydrogen (secondary N) is 1. The molecule has 0 spiro atoms. The van der Waals surface area contributed by atoms with Crippen molar-refractivity contribution < 1.29 is 19.2 Å². The number of nitrogens with zero attached hydrogens (tertiary/aromatic N) is 1. The largest absolute Gasteiger partial charge is 0.354 e. The zero-order chi connectivity index (χ0) is 26.5. The first-order valence-electron chi connectivity index (χ1n) is 13.4. The molecule has 37 heavy (non-hydrogen) atoms. The molecule has 2 aromatic rings. The molecule has 1 heterocycles. The Balaban J connectivity index is 1.37. The number of hydroxylamine groups is 1. The minimum absolute atomic E-state index is 0.0981. The number of hydrogen-bond donors (Lipinski definition) is 3. The van der Waals surface area contributed by atoms with Crippen molar-refractivity contribution in [2.45, 2.75) is 76.3 Å².